The van der Waals surface area contributed by atoms with Crippen LogP contribution in [0.4, 0.5) is 17.6 Å². The summed E-state index contributed by atoms with van der Waals surface area (Å²) in [6, 6.07) is 6.23. The maximum absolute atomic E-state index is 15.9. The number of primary sulfonamides is 1. The summed E-state index contributed by atoms with van der Waals surface area (Å²) < 4.78 is 78.8. The van der Waals surface area contributed by atoms with Crippen molar-refractivity contribution in [1.29, 1.82) is 0 Å². The van der Waals surface area contributed by atoms with Gasteiger partial charge in [0, 0.05) is 23.8 Å². The standard InChI is InChI=1S/C16H13F4N3O2S/c17-15(14-8-10-22-23(14)16(18,19)20)9-4-3-6-12(15)11-5-1-2-7-13(11)26(21,24)25/h1-8,10H,9H2,(H2,21,24,25). The van der Waals surface area contributed by atoms with E-state index in [1.165, 1.54) is 42.5 Å². The topological polar surface area (TPSA) is 78.0 Å². The summed E-state index contributed by atoms with van der Waals surface area (Å²) in [5.74, 6) is 0. The monoisotopic (exact) mass is 387 g/mol. The van der Waals surface area contributed by atoms with E-state index in [9.17, 15) is 21.6 Å². The molecule has 0 radical (unpaired) electrons. The van der Waals surface area contributed by atoms with Gasteiger partial charge in [0.25, 0.3) is 0 Å². The molecule has 26 heavy (non-hydrogen) atoms. The van der Waals surface area contributed by atoms with E-state index in [2.05, 4.69) is 5.10 Å². The Morgan fingerprint density at radius 2 is 1.88 bits per heavy atom. The predicted molar refractivity (Wildman–Crippen MR) is 85.9 cm³/mol. The van der Waals surface area contributed by atoms with E-state index in [0.717, 1.165) is 12.3 Å². The van der Waals surface area contributed by atoms with E-state index in [-0.39, 0.29) is 20.7 Å². The van der Waals surface area contributed by atoms with E-state index in [0.29, 0.717) is 0 Å². The lowest BCUT2D eigenvalue weighted by Crippen LogP contribution is -2.32. The van der Waals surface area contributed by atoms with Crippen molar-refractivity contribution in [3.63, 3.8) is 0 Å². The molecule has 1 aliphatic carbocycles. The lowest BCUT2D eigenvalue weighted by Gasteiger charge is -2.31. The maximum Gasteiger partial charge on any atom is 0.504 e. The Kier molecular flexibility index (Phi) is 4.27. The molecule has 1 aromatic carbocycles. The van der Waals surface area contributed by atoms with Gasteiger partial charge in [-0.05, 0) is 12.1 Å². The van der Waals surface area contributed by atoms with E-state index in [4.69, 9.17) is 5.14 Å². The lowest BCUT2D eigenvalue weighted by molar-refractivity contribution is -0.215. The molecule has 0 amide bonds. The van der Waals surface area contributed by atoms with Crippen LogP contribution in [0.3, 0.4) is 0 Å². The number of hydrogen-bond acceptors (Lipinski definition) is 3. The molecule has 0 saturated heterocycles. The largest absolute Gasteiger partial charge is 0.504 e. The van der Waals surface area contributed by atoms with Gasteiger partial charge in [0.1, 0.15) is 0 Å². The van der Waals surface area contributed by atoms with Crippen LogP contribution >= 0.6 is 0 Å². The number of nitrogens with zero attached hydrogens (tertiary/aromatic N) is 2. The fourth-order valence-electron chi connectivity index (χ4n) is 2.93. The molecule has 5 nitrogen and oxygen atoms in total. The minimum absolute atomic E-state index is 0.100. The Balaban J connectivity index is 2.25. The summed E-state index contributed by atoms with van der Waals surface area (Å²) in [5.41, 5.74) is -3.72. The van der Waals surface area contributed by atoms with E-state index in [1.54, 1.807) is 0 Å². The van der Waals surface area contributed by atoms with Gasteiger partial charge in [0.15, 0.2) is 5.67 Å². The number of aromatic nitrogens is 2. The van der Waals surface area contributed by atoms with E-state index in [1.807, 2.05) is 0 Å². The highest BCUT2D eigenvalue weighted by atomic mass is 32.2. The highest BCUT2D eigenvalue weighted by molar-refractivity contribution is 7.89. The van der Waals surface area contributed by atoms with Gasteiger partial charge in [-0.15, -0.1) is 13.2 Å². The maximum atomic E-state index is 15.9. The number of benzene rings is 1. The fourth-order valence-corrected chi connectivity index (χ4v) is 3.68. The van der Waals surface area contributed by atoms with Gasteiger partial charge in [-0.1, -0.05) is 36.4 Å². The van der Waals surface area contributed by atoms with Gasteiger partial charge < -0.3 is 0 Å². The molecule has 1 unspecified atom stereocenters. The van der Waals surface area contributed by atoms with Crippen molar-refractivity contribution in [2.45, 2.75) is 23.3 Å². The summed E-state index contributed by atoms with van der Waals surface area (Å²) in [6.45, 7) is 0. The molecule has 0 saturated carbocycles. The van der Waals surface area contributed by atoms with Crippen LogP contribution in [0.5, 0.6) is 0 Å². The summed E-state index contributed by atoms with van der Waals surface area (Å²) in [4.78, 5) is -0.373. The average Bonchev–Trinajstić information content (AvgIpc) is 3.05. The van der Waals surface area contributed by atoms with Crippen molar-refractivity contribution in [3.8, 4) is 0 Å². The molecule has 138 valence electrons. The minimum atomic E-state index is -4.93. The van der Waals surface area contributed by atoms with Gasteiger partial charge in [-0.3, -0.25) is 0 Å². The van der Waals surface area contributed by atoms with Crippen molar-refractivity contribution in [3.05, 3.63) is 66.0 Å². The van der Waals surface area contributed by atoms with Crippen LogP contribution in [0.25, 0.3) is 5.57 Å². The quantitative estimate of drug-likeness (QED) is 0.822. The molecular formula is C16H13F4N3O2S. The minimum Gasteiger partial charge on any atom is -0.231 e. The second kappa shape index (κ2) is 6.06. The number of allylic oxidation sites excluding steroid dienone is 4. The molecule has 1 atom stereocenters. The number of hydrogen-bond donors (Lipinski definition) is 1. The summed E-state index contributed by atoms with van der Waals surface area (Å²) >= 11 is 0. The number of alkyl halides is 4. The Hall–Kier alpha value is -2.46. The highest BCUT2D eigenvalue weighted by Gasteiger charge is 2.46. The van der Waals surface area contributed by atoms with Crippen LogP contribution in [-0.2, 0) is 22.0 Å². The van der Waals surface area contributed by atoms with Crippen LogP contribution in [0.1, 0.15) is 17.7 Å². The van der Waals surface area contributed by atoms with Gasteiger partial charge in [-0.2, -0.15) is 9.78 Å². The van der Waals surface area contributed by atoms with Crippen LogP contribution in [0, 0.1) is 0 Å². The second-order valence-corrected chi connectivity index (χ2v) is 7.18. The predicted octanol–water partition coefficient (Wildman–Crippen LogP) is 3.22. The molecule has 1 heterocycles. The first kappa shape index (κ1) is 18.3. The molecule has 0 bridgehead atoms. The number of halogens is 4. The molecule has 2 N–H and O–H groups in total. The molecule has 1 aromatic heterocycles. The summed E-state index contributed by atoms with van der Waals surface area (Å²) in [5, 5.41) is 8.34. The zero-order valence-corrected chi connectivity index (χ0v) is 13.9. The van der Waals surface area contributed by atoms with Gasteiger partial charge in [-0.25, -0.2) is 17.9 Å². The molecule has 10 heteroatoms. The van der Waals surface area contributed by atoms with Crippen molar-refractivity contribution in [1.82, 2.24) is 9.78 Å². The van der Waals surface area contributed by atoms with Gasteiger partial charge in [0.05, 0.1) is 10.6 Å². The molecule has 1 aliphatic rings. The van der Waals surface area contributed by atoms with Crippen LogP contribution in [0.15, 0.2) is 59.7 Å². The third-order valence-corrected chi connectivity index (χ3v) is 4.97. The first-order valence-corrected chi connectivity index (χ1v) is 8.90. The first-order chi connectivity index (χ1) is 12.0. The van der Waals surface area contributed by atoms with Crippen molar-refractivity contribution in [2.24, 2.45) is 5.14 Å². The summed E-state index contributed by atoms with van der Waals surface area (Å²) in [7, 11) is -4.22. The number of nitrogens with two attached hydrogens (primary N) is 1. The van der Waals surface area contributed by atoms with Crippen molar-refractivity contribution >= 4 is 15.6 Å². The third-order valence-electron chi connectivity index (χ3n) is 4.00. The highest BCUT2D eigenvalue weighted by Crippen LogP contribution is 2.47. The molecule has 0 spiro atoms. The zero-order valence-electron chi connectivity index (χ0n) is 13.1. The van der Waals surface area contributed by atoms with Crippen LogP contribution in [0.2, 0.25) is 0 Å². The second-order valence-electron chi connectivity index (χ2n) is 5.65. The molecule has 3 rings (SSSR count). The lowest BCUT2D eigenvalue weighted by atomic mass is 9.81. The van der Waals surface area contributed by atoms with Crippen LogP contribution < -0.4 is 5.14 Å². The van der Waals surface area contributed by atoms with Gasteiger partial charge in [0.2, 0.25) is 10.0 Å². The Morgan fingerprint density at radius 1 is 1.19 bits per heavy atom. The fraction of sp³-hybridized carbons (Fsp3) is 0.188. The van der Waals surface area contributed by atoms with Gasteiger partial charge >= 0.3 is 6.30 Å². The third kappa shape index (κ3) is 3.06. The zero-order chi connectivity index (χ0) is 19.2. The van der Waals surface area contributed by atoms with E-state index >= 15 is 4.39 Å². The summed E-state index contributed by atoms with van der Waals surface area (Å²) in [6.07, 6.45) is -0.464. The molecule has 2 aromatic rings. The normalized spacial score (nSPS) is 20.9. The van der Waals surface area contributed by atoms with E-state index < -0.39 is 34.1 Å². The number of rotatable bonds is 3. The smallest absolute Gasteiger partial charge is 0.231 e. The van der Waals surface area contributed by atoms with Crippen molar-refractivity contribution in [2.75, 3.05) is 0 Å². The molecule has 0 fully saturated rings. The van der Waals surface area contributed by atoms with Crippen LogP contribution in [-0.4, -0.2) is 18.2 Å². The van der Waals surface area contributed by atoms with Crippen molar-refractivity contribution < 1.29 is 26.0 Å². The Labute approximate surface area is 146 Å². The molecule has 0 aliphatic heterocycles. The Morgan fingerprint density at radius 3 is 2.54 bits per heavy atom. The Bertz CT molecular complexity index is 1010. The first-order valence-electron chi connectivity index (χ1n) is 7.35. The number of sulfonamides is 1. The molecular weight excluding hydrogens is 374 g/mol. The average molecular weight is 387 g/mol. The SMILES string of the molecule is NS(=O)(=O)c1ccccc1C1=CC=CCC1(F)c1ccnn1C(F)(F)F.